The van der Waals surface area contributed by atoms with Gasteiger partial charge in [0.1, 0.15) is 5.75 Å². The molecule has 0 radical (unpaired) electrons. The zero-order chi connectivity index (χ0) is 14.1. The van der Waals surface area contributed by atoms with Gasteiger partial charge in [0.05, 0.1) is 5.56 Å². The van der Waals surface area contributed by atoms with Gasteiger partial charge in [-0.1, -0.05) is 26.8 Å². The molecule has 1 aromatic carbocycles. The van der Waals surface area contributed by atoms with Crippen LogP contribution in [-0.4, -0.2) is 14.9 Å². The van der Waals surface area contributed by atoms with E-state index in [-0.39, 0.29) is 5.41 Å². The van der Waals surface area contributed by atoms with Gasteiger partial charge in [-0.3, -0.25) is 4.79 Å². The number of benzene rings is 1. The Morgan fingerprint density at radius 3 is 2.22 bits per heavy atom. The van der Waals surface area contributed by atoms with Crippen LogP contribution in [0.5, 0.6) is 5.75 Å². The number of hydrogen-bond donors (Lipinski definition) is 1. The highest BCUT2D eigenvalue weighted by Crippen LogP contribution is 2.37. The molecule has 1 aromatic rings. The molecule has 18 heavy (non-hydrogen) atoms. The SMILES string of the molecule is Cc1ccc(C(N)=O)c(O[SiH](C)C)c1C(C)(C)C. The average Bonchev–Trinajstić information content (AvgIpc) is 2.13. The first-order valence-corrected chi connectivity index (χ1v) is 9.03. The molecule has 0 fully saturated rings. The molecule has 100 valence electrons. The molecule has 4 heteroatoms. The van der Waals surface area contributed by atoms with Crippen LogP contribution < -0.4 is 10.2 Å². The molecule has 0 saturated heterocycles. The van der Waals surface area contributed by atoms with Crippen molar-refractivity contribution < 1.29 is 9.22 Å². The number of carbonyl (C=O) groups is 1. The molecule has 0 aromatic heterocycles. The summed E-state index contributed by atoms with van der Waals surface area (Å²) in [5.41, 5.74) is 8.09. The van der Waals surface area contributed by atoms with E-state index in [0.29, 0.717) is 11.3 Å². The van der Waals surface area contributed by atoms with Gasteiger partial charge < -0.3 is 10.2 Å². The lowest BCUT2D eigenvalue weighted by Crippen LogP contribution is -2.23. The number of primary amides is 1. The van der Waals surface area contributed by atoms with Crippen LogP contribution in [0.1, 0.15) is 42.3 Å². The molecule has 2 N–H and O–H groups in total. The van der Waals surface area contributed by atoms with Crippen LogP contribution in [0.25, 0.3) is 0 Å². The Kier molecular flexibility index (Phi) is 4.22. The first kappa shape index (κ1) is 14.8. The molecule has 0 atom stereocenters. The summed E-state index contributed by atoms with van der Waals surface area (Å²) in [6.07, 6.45) is 0. The van der Waals surface area contributed by atoms with Crippen LogP contribution in [0, 0.1) is 6.92 Å². The third-order valence-corrected chi connectivity index (χ3v) is 3.44. The highest BCUT2D eigenvalue weighted by Gasteiger charge is 2.25. The third-order valence-electron chi connectivity index (χ3n) is 2.74. The highest BCUT2D eigenvalue weighted by molar-refractivity contribution is 6.49. The molecule has 0 aliphatic carbocycles. The number of hydrogen-bond acceptors (Lipinski definition) is 2. The molecule has 0 unspecified atom stereocenters. The van der Waals surface area contributed by atoms with Gasteiger partial charge >= 0.3 is 0 Å². The molecule has 0 aliphatic rings. The maximum atomic E-state index is 11.6. The smallest absolute Gasteiger partial charge is 0.252 e. The van der Waals surface area contributed by atoms with Gasteiger partial charge in [0.25, 0.3) is 5.91 Å². The lowest BCUT2D eigenvalue weighted by molar-refractivity contribution is 0.0998. The van der Waals surface area contributed by atoms with Crippen LogP contribution >= 0.6 is 0 Å². The van der Waals surface area contributed by atoms with Gasteiger partial charge in [-0.25, -0.2) is 0 Å². The van der Waals surface area contributed by atoms with E-state index in [1.165, 1.54) is 0 Å². The van der Waals surface area contributed by atoms with E-state index in [1.807, 2.05) is 13.0 Å². The fourth-order valence-electron chi connectivity index (χ4n) is 2.17. The van der Waals surface area contributed by atoms with E-state index in [4.69, 9.17) is 10.2 Å². The lowest BCUT2D eigenvalue weighted by atomic mass is 9.82. The van der Waals surface area contributed by atoms with E-state index < -0.39 is 14.9 Å². The second kappa shape index (κ2) is 5.14. The molecule has 3 nitrogen and oxygen atoms in total. The van der Waals surface area contributed by atoms with Gasteiger partial charge in [-0.2, -0.15) is 0 Å². The zero-order valence-corrected chi connectivity index (χ0v) is 13.3. The normalized spacial score (nSPS) is 11.7. The molecule has 0 saturated carbocycles. The molecule has 0 aliphatic heterocycles. The Labute approximate surface area is 111 Å². The van der Waals surface area contributed by atoms with Crippen molar-refractivity contribution in [2.45, 2.75) is 46.2 Å². The Balaban J connectivity index is 3.55. The number of rotatable bonds is 3. The summed E-state index contributed by atoms with van der Waals surface area (Å²) in [5, 5.41) is 0. The van der Waals surface area contributed by atoms with Crippen molar-refractivity contribution in [3.63, 3.8) is 0 Å². The predicted molar refractivity (Wildman–Crippen MR) is 77.9 cm³/mol. The molecule has 1 amide bonds. The van der Waals surface area contributed by atoms with Crippen molar-refractivity contribution in [3.05, 3.63) is 28.8 Å². The second-order valence-corrected chi connectivity index (χ2v) is 8.25. The number of aryl methyl sites for hydroxylation is 1. The molecular formula is C14H23NO2Si. The largest absolute Gasteiger partial charge is 0.546 e. The fourth-order valence-corrected chi connectivity index (χ4v) is 2.88. The van der Waals surface area contributed by atoms with Crippen LogP contribution in [0.3, 0.4) is 0 Å². The van der Waals surface area contributed by atoms with E-state index in [2.05, 4.69) is 33.9 Å². The Morgan fingerprint density at radius 1 is 1.28 bits per heavy atom. The Morgan fingerprint density at radius 2 is 1.83 bits per heavy atom. The topological polar surface area (TPSA) is 52.3 Å². The van der Waals surface area contributed by atoms with E-state index in [1.54, 1.807) is 6.07 Å². The quantitative estimate of drug-likeness (QED) is 0.854. The van der Waals surface area contributed by atoms with Crippen molar-refractivity contribution in [2.24, 2.45) is 5.73 Å². The highest BCUT2D eigenvalue weighted by atomic mass is 28.3. The van der Waals surface area contributed by atoms with Gasteiger partial charge in [0.15, 0.2) is 0 Å². The first-order chi connectivity index (χ1) is 8.14. The van der Waals surface area contributed by atoms with Crippen LogP contribution in [-0.2, 0) is 5.41 Å². The van der Waals surface area contributed by atoms with Crippen molar-refractivity contribution >= 4 is 14.9 Å². The third kappa shape index (κ3) is 3.13. The Hall–Kier alpha value is -1.29. The fraction of sp³-hybridized carbons (Fsp3) is 0.500. The van der Waals surface area contributed by atoms with Crippen molar-refractivity contribution in [2.75, 3.05) is 0 Å². The molecule has 0 bridgehead atoms. The average molecular weight is 265 g/mol. The summed E-state index contributed by atoms with van der Waals surface area (Å²) < 4.78 is 5.98. The summed E-state index contributed by atoms with van der Waals surface area (Å²) in [4.78, 5) is 11.6. The molecule has 1 rings (SSSR count). The number of nitrogens with two attached hydrogens (primary N) is 1. The summed E-state index contributed by atoms with van der Waals surface area (Å²) in [7, 11) is -1.29. The van der Waals surface area contributed by atoms with Gasteiger partial charge in [-0.15, -0.1) is 0 Å². The molecular weight excluding hydrogens is 242 g/mol. The maximum absolute atomic E-state index is 11.6. The van der Waals surface area contributed by atoms with E-state index in [9.17, 15) is 4.79 Å². The van der Waals surface area contributed by atoms with Crippen molar-refractivity contribution in [3.8, 4) is 5.75 Å². The zero-order valence-electron chi connectivity index (χ0n) is 12.1. The summed E-state index contributed by atoms with van der Waals surface area (Å²) in [6, 6.07) is 3.70. The summed E-state index contributed by atoms with van der Waals surface area (Å²) in [5.74, 6) is 0.266. The number of carbonyl (C=O) groups excluding carboxylic acids is 1. The predicted octanol–water partition coefficient (Wildman–Crippen LogP) is 2.75. The van der Waals surface area contributed by atoms with Gasteiger partial charge in [0.2, 0.25) is 9.04 Å². The number of amides is 1. The minimum Gasteiger partial charge on any atom is -0.546 e. The van der Waals surface area contributed by atoms with Gasteiger partial charge in [-0.05, 0) is 37.1 Å². The van der Waals surface area contributed by atoms with Crippen LogP contribution in [0.4, 0.5) is 0 Å². The Bertz CT molecular complexity index is 462. The minimum atomic E-state index is -1.29. The van der Waals surface area contributed by atoms with Crippen molar-refractivity contribution in [1.29, 1.82) is 0 Å². The molecule has 0 spiro atoms. The van der Waals surface area contributed by atoms with Gasteiger partial charge in [0, 0.05) is 5.56 Å². The first-order valence-electron chi connectivity index (χ1n) is 6.25. The lowest BCUT2D eigenvalue weighted by Gasteiger charge is -2.27. The monoisotopic (exact) mass is 265 g/mol. The second-order valence-electron chi connectivity index (χ2n) is 5.92. The summed E-state index contributed by atoms with van der Waals surface area (Å²) >= 11 is 0. The minimum absolute atomic E-state index is 0.0752. The van der Waals surface area contributed by atoms with E-state index >= 15 is 0 Å². The maximum Gasteiger partial charge on any atom is 0.252 e. The van der Waals surface area contributed by atoms with Crippen LogP contribution in [0.15, 0.2) is 12.1 Å². The summed E-state index contributed by atoms with van der Waals surface area (Å²) in [6.45, 7) is 12.6. The molecule has 0 heterocycles. The van der Waals surface area contributed by atoms with Crippen molar-refractivity contribution in [1.82, 2.24) is 0 Å². The van der Waals surface area contributed by atoms with Crippen LogP contribution in [0.2, 0.25) is 13.1 Å². The standard InChI is InChI=1S/C14H23NO2Si/c1-9-7-8-10(13(15)16)12(17-18(5)6)11(9)14(2,3)4/h7-8,18H,1-6H3,(H2,15,16). The van der Waals surface area contributed by atoms with E-state index in [0.717, 1.165) is 11.1 Å².